The summed E-state index contributed by atoms with van der Waals surface area (Å²) in [6, 6.07) is 12.0. The summed E-state index contributed by atoms with van der Waals surface area (Å²) >= 11 is 3.60. The molecular weight excluding hydrogens is 404 g/mol. The van der Waals surface area contributed by atoms with Crippen LogP contribution < -0.4 is 0 Å². The Kier molecular flexibility index (Phi) is 4.13. The Morgan fingerprint density at radius 3 is 2.67 bits per heavy atom. The maximum absolute atomic E-state index is 13.1. The van der Waals surface area contributed by atoms with Crippen molar-refractivity contribution in [3.63, 3.8) is 0 Å². The molecule has 2 fully saturated rings. The van der Waals surface area contributed by atoms with Crippen molar-refractivity contribution >= 4 is 21.8 Å². The molecule has 27 heavy (non-hydrogen) atoms. The van der Waals surface area contributed by atoms with Gasteiger partial charge < -0.3 is 10.0 Å². The molecule has 2 heterocycles. The van der Waals surface area contributed by atoms with Gasteiger partial charge in [0, 0.05) is 29.2 Å². The predicted molar refractivity (Wildman–Crippen MR) is 106 cm³/mol. The third-order valence-electron chi connectivity index (χ3n) is 6.64. The minimum absolute atomic E-state index is 0.0448. The molecule has 1 aromatic heterocycles. The smallest absolute Gasteiger partial charge is 0.254 e. The van der Waals surface area contributed by atoms with Gasteiger partial charge in [-0.15, -0.1) is 0 Å². The van der Waals surface area contributed by atoms with Crippen molar-refractivity contribution in [1.82, 2.24) is 9.88 Å². The van der Waals surface area contributed by atoms with Crippen LogP contribution in [0, 0.1) is 11.3 Å². The summed E-state index contributed by atoms with van der Waals surface area (Å²) in [7, 11) is 0. The number of aliphatic hydroxyl groups is 1. The zero-order valence-corrected chi connectivity index (χ0v) is 16.7. The zero-order valence-electron chi connectivity index (χ0n) is 15.1. The van der Waals surface area contributed by atoms with E-state index in [2.05, 4.69) is 31.9 Å². The number of fused-ring (bicyclic) bond motifs is 1. The van der Waals surface area contributed by atoms with Gasteiger partial charge in [-0.05, 0) is 76.7 Å². The number of aromatic nitrogens is 1. The average Bonchev–Trinajstić information content (AvgIpc) is 2.86. The van der Waals surface area contributed by atoms with Crippen LogP contribution in [0.25, 0.3) is 0 Å². The minimum atomic E-state index is -0.0992. The quantitative estimate of drug-likeness (QED) is 0.798. The normalized spacial score (nSPS) is 31.6. The Morgan fingerprint density at radius 2 is 1.93 bits per heavy atom. The fourth-order valence-electron chi connectivity index (χ4n) is 5.47. The number of carbonyl (C=O) groups excluding carboxylic acids is 1. The molecule has 140 valence electrons. The van der Waals surface area contributed by atoms with Crippen molar-refractivity contribution in [2.24, 2.45) is 11.3 Å². The fraction of sp³-hybridized carbons (Fsp3) is 0.455. The number of rotatable bonds is 4. The van der Waals surface area contributed by atoms with E-state index in [1.165, 1.54) is 0 Å². The van der Waals surface area contributed by atoms with Crippen molar-refractivity contribution in [3.8, 4) is 0 Å². The van der Waals surface area contributed by atoms with Crippen LogP contribution in [0.2, 0.25) is 0 Å². The van der Waals surface area contributed by atoms with E-state index in [-0.39, 0.29) is 18.1 Å². The van der Waals surface area contributed by atoms with Crippen LogP contribution in [0.3, 0.4) is 0 Å². The van der Waals surface area contributed by atoms with Gasteiger partial charge in [0.1, 0.15) is 0 Å². The number of benzene rings is 1. The molecule has 1 spiro atoms. The van der Waals surface area contributed by atoms with Crippen molar-refractivity contribution in [2.45, 2.75) is 44.2 Å². The Labute approximate surface area is 167 Å². The first kappa shape index (κ1) is 17.4. The van der Waals surface area contributed by atoms with E-state index in [0.717, 1.165) is 59.9 Å². The maximum Gasteiger partial charge on any atom is 0.254 e. The van der Waals surface area contributed by atoms with Crippen molar-refractivity contribution < 1.29 is 9.90 Å². The molecule has 5 heteroatoms. The molecule has 1 N–H and O–H groups in total. The van der Waals surface area contributed by atoms with Crippen LogP contribution in [0.1, 0.15) is 53.3 Å². The largest absolute Gasteiger partial charge is 0.393 e. The van der Waals surface area contributed by atoms with Gasteiger partial charge in [-0.25, -0.2) is 0 Å². The summed E-state index contributed by atoms with van der Waals surface area (Å²) < 4.78 is 0.993. The highest BCUT2D eigenvalue weighted by atomic mass is 79.9. The number of amides is 1. The standard InChI is InChI=1S/C22H23BrN2O2/c23-18-6-3-7-24-19(18)8-20-16-4-1-2-5-17(16)21(27)25(20)13-14-9-22(10-14)11-15(26)12-22/h1-7,14-15,20,26H,8-13H2. The minimum Gasteiger partial charge on any atom is -0.393 e. The molecule has 3 aliphatic rings. The molecule has 1 atom stereocenters. The molecule has 1 unspecified atom stereocenters. The van der Waals surface area contributed by atoms with Gasteiger partial charge >= 0.3 is 0 Å². The highest BCUT2D eigenvalue weighted by Crippen LogP contribution is 2.59. The highest BCUT2D eigenvalue weighted by molar-refractivity contribution is 9.10. The lowest BCUT2D eigenvalue weighted by molar-refractivity contribution is -0.115. The van der Waals surface area contributed by atoms with Gasteiger partial charge in [0.25, 0.3) is 5.91 Å². The zero-order chi connectivity index (χ0) is 18.6. The Hall–Kier alpha value is -1.72. The summed E-state index contributed by atoms with van der Waals surface area (Å²) in [6.45, 7) is 0.806. The number of pyridine rings is 1. The Balaban J connectivity index is 1.38. The number of nitrogens with zero attached hydrogens (tertiary/aromatic N) is 2. The van der Waals surface area contributed by atoms with Gasteiger partial charge in [-0.2, -0.15) is 0 Å². The van der Waals surface area contributed by atoms with Crippen LogP contribution in [-0.2, 0) is 6.42 Å². The van der Waals surface area contributed by atoms with Crippen LogP contribution in [0.5, 0.6) is 0 Å². The van der Waals surface area contributed by atoms with Crippen LogP contribution in [0.15, 0.2) is 47.1 Å². The van der Waals surface area contributed by atoms with E-state index in [4.69, 9.17) is 0 Å². The summed E-state index contributed by atoms with van der Waals surface area (Å²) in [5.41, 5.74) is 3.32. The molecule has 2 saturated carbocycles. The third-order valence-corrected chi connectivity index (χ3v) is 7.37. The second-order valence-corrected chi connectivity index (χ2v) is 9.39. The molecule has 1 aromatic carbocycles. The Morgan fingerprint density at radius 1 is 1.15 bits per heavy atom. The summed E-state index contributed by atoms with van der Waals surface area (Å²) in [5.74, 6) is 0.697. The third kappa shape index (κ3) is 2.92. The number of hydrogen-bond donors (Lipinski definition) is 1. The average molecular weight is 427 g/mol. The molecular formula is C22H23BrN2O2. The van der Waals surface area contributed by atoms with E-state index >= 15 is 0 Å². The number of carbonyl (C=O) groups is 1. The molecule has 2 aromatic rings. The molecule has 0 radical (unpaired) electrons. The molecule has 5 rings (SSSR count). The lowest BCUT2D eigenvalue weighted by atomic mass is 9.50. The Bertz CT molecular complexity index is 885. The van der Waals surface area contributed by atoms with Gasteiger partial charge in [0.15, 0.2) is 0 Å². The van der Waals surface area contributed by atoms with Crippen molar-refractivity contribution in [2.75, 3.05) is 6.54 Å². The van der Waals surface area contributed by atoms with Gasteiger partial charge in [0.05, 0.1) is 17.8 Å². The van der Waals surface area contributed by atoms with E-state index in [0.29, 0.717) is 11.3 Å². The summed E-state index contributed by atoms with van der Waals surface area (Å²) in [5, 5.41) is 9.64. The fourth-order valence-corrected chi connectivity index (χ4v) is 5.89. The lowest BCUT2D eigenvalue weighted by Crippen LogP contribution is -2.52. The maximum atomic E-state index is 13.1. The van der Waals surface area contributed by atoms with Gasteiger partial charge in [0.2, 0.25) is 0 Å². The van der Waals surface area contributed by atoms with Crippen LogP contribution in [0.4, 0.5) is 0 Å². The summed E-state index contributed by atoms with van der Waals surface area (Å²) in [4.78, 5) is 19.7. The van der Waals surface area contributed by atoms with E-state index in [1.807, 2.05) is 36.5 Å². The molecule has 4 nitrogen and oxygen atoms in total. The molecule has 2 aliphatic carbocycles. The van der Waals surface area contributed by atoms with E-state index < -0.39 is 0 Å². The second-order valence-electron chi connectivity index (χ2n) is 8.53. The number of hydrogen-bond acceptors (Lipinski definition) is 3. The van der Waals surface area contributed by atoms with Gasteiger partial charge in [-0.1, -0.05) is 18.2 Å². The predicted octanol–water partition coefficient (Wildman–Crippen LogP) is 4.13. The second kappa shape index (κ2) is 6.42. The SMILES string of the molecule is O=C1c2ccccc2C(Cc2ncccc2Br)N1CC1CC2(CC(O)C2)C1. The number of halogens is 1. The lowest BCUT2D eigenvalue weighted by Gasteiger charge is -2.57. The first-order valence-corrected chi connectivity index (χ1v) is 10.5. The first-order chi connectivity index (χ1) is 13.0. The molecule has 0 saturated heterocycles. The monoisotopic (exact) mass is 426 g/mol. The van der Waals surface area contributed by atoms with Crippen molar-refractivity contribution in [3.05, 3.63) is 63.9 Å². The first-order valence-electron chi connectivity index (χ1n) is 9.72. The molecule has 1 amide bonds. The molecule has 0 bridgehead atoms. The van der Waals surface area contributed by atoms with E-state index in [9.17, 15) is 9.90 Å². The highest BCUT2D eigenvalue weighted by Gasteiger charge is 2.53. The summed E-state index contributed by atoms with van der Waals surface area (Å²) in [6.07, 6.45) is 6.61. The van der Waals surface area contributed by atoms with Crippen LogP contribution in [-0.4, -0.2) is 33.5 Å². The van der Waals surface area contributed by atoms with Gasteiger partial charge in [-0.3, -0.25) is 9.78 Å². The molecule has 1 aliphatic heterocycles. The van der Waals surface area contributed by atoms with Crippen LogP contribution >= 0.6 is 15.9 Å². The number of aliphatic hydroxyl groups excluding tert-OH is 1. The topological polar surface area (TPSA) is 53.4 Å². The van der Waals surface area contributed by atoms with E-state index in [1.54, 1.807) is 0 Å². The van der Waals surface area contributed by atoms with Crippen molar-refractivity contribution in [1.29, 1.82) is 0 Å².